The van der Waals surface area contributed by atoms with Crippen LogP contribution in [-0.2, 0) is 4.79 Å². The van der Waals surface area contributed by atoms with Gasteiger partial charge < -0.3 is 4.90 Å². The van der Waals surface area contributed by atoms with E-state index in [1.165, 1.54) is 0 Å². The lowest BCUT2D eigenvalue weighted by Gasteiger charge is -2.30. The summed E-state index contributed by atoms with van der Waals surface area (Å²) in [5.74, 6) is -1.65. The number of rotatable bonds is 3. The van der Waals surface area contributed by atoms with Crippen LogP contribution in [0.2, 0.25) is 0 Å². The highest BCUT2D eigenvalue weighted by molar-refractivity contribution is 5.79. The average molecular weight is 240 g/mol. The molecule has 1 saturated carbocycles. The van der Waals surface area contributed by atoms with Crippen LogP contribution in [0.5, 0.6) is 0 Å². The molecule has 0 heterocycles. The van der Waals surface area contributed by atoms with Crippen LogP contribution in [0.1, 0.15) is 25.7 Å². The second-order valence-corrected chi connectivity index (χ2v) is 4.21. The van der Waals surface area contributed by atoms with Gasteiger partial charge in [-0.25, -0.2) is 8.78 Å². The van der Waals surface area contributed by atoms with Gasteiger partial charge in [-0.1, -0.05) is 5.92 Å². The first-order valence-corrected chi connectivity index (χ1v) is 5.47. The molecule has 0 N–H and O–H groups in total. The molecule has 1 amide bonds. The molecule has 0 bridgehead atoms. The molecule has 1 atom stereocenters. The van der Waals surface area contributed by atoms with Crippen LogP contribution in [0.15, 0.2) is 0 Å². The molecule has 17 heavy (non-hydrogen) atoms. The van der Waals surface area contributed by atoms with Gasteiger partial charge in [0, 0.05) is 18.8 Å². The third-order valence-electron chi connectivity index (χ3n) is 2.84. The summed E-state index contributed by atoms with van der Waals surface area (Å²) in [6, 6.07) is 1.82. The Morgan fingerprint density at radius 2 is 2.24 bits per heavy atom. The van der Waals surface area contributed by atoms with Gasteiger partial charge in [0.15, 0.2) is 0 Å². The van der Waals surface area contributed by atoms with Crippen molar-refractivity contribution < 1.29 is 13.6 Å². The van der Waals surface area contributed by atoms with Crippen LogP contribution in [-0.4, -0.2) is 29.8 Å². The van der Waals surface area contributed by atoms with Crippen molar-refractivity contribution in [3.63, 3.8) is 0 Å². The molecule has 92 valence electrons. The van der Waals surface area contributed by atoms with E-state index >= 15 is 0 Å². The lowest BCUT2D eigenvalue weighted by molar-refractivity contribution is -0.141. The lowest BCUT2D eigenvalue weighted by Crippen LogP contribution is -2.41. The number of alkyl halides is 2. The summed E-state index contributed by atoms with van der Waals surface area (Å²) in [6.45, 7) is -0.153. The molecule has 0 aromatic rings. The summed E-state index contributed by atoms with van der Waals surface area (Å²) < 4.78 is 26.3. The quantitative estimate of drug-likeness (QED) is 0.557. The average Bonchev–Trinajstić information content (AvgIpc) is 2.26. The molecule has 0 aromatic carbocycles. The van der Waals surface area contributed by atoms with Gasteiger partial charge in [0.05, 0.1) is 12.6 Å². The first kappa shape index (κ1) is 13.4. The maximum absolute atomic E-state index is 13.2. The SMILES string of the molecule is C#CCN(CC#N)C(=O)C1CCCC(F)(F)C1. The molecule has 1 fully saturated rings. The van der Waals surface area contributed by atoms with Crippen molar-refractivity contribution in [3.8, 4) is 18.4 Å². The van der Waals surface area contributed by atoms with Crippen molar-refractivity contribution in [3.05, 3.63) is 0 Å². The highest BCUT2D eigenvalue weighted by Gasteiger charge is 2.40. The van der Waals surface area contributed by atoms with E-state index in [9.17, 15) is 13.6 Å². The lowest BCUT2D eigenvalue weighted by atomic mass is 9.85. The first-order chi connectivity index (χ1) is 8.00. The van der Waals surface area contributed by atoms with E-state index in [-0.39, 0.29) is 19.5 Å². The number of halogens is 2. The third kappa shape index (κ3) is 3.71. The molecule has 3 nitrogen and oxygen atoms in total. The Bertz CT molecular complexity index is 352. The second-order valence-electron chi connectivity index (χ2n) is 4.21. The predicted molar refractivity (Wildman–Crippen MR) is 57.9 cm³/mol. The summed E-state index contributed by atoms with van der Waals surface area (Å²) in [4.78, 5) is 13.1. The standard InChI is InChI=1S/C12H14F2N2O/c1-2-7-16(8-6-15)11(17)10-4-3-5-12(13,14)9-10/h1,10H,3-5,7-9H2. The molecule has 1 unspecified atom stereocenters. The highest BCUT2D eigenvalue weighted by Crippen LogP contribution is 2.37. The van der Waals surface area contributed by atoms with E-state index in [4.69, 9.17) is 11.7 Å². The maximum atomic E-state index is 13.2. The van der Waals surface area contributed by atoms with Crippen molar-refractivity contribution in [2.75, 3.05) is 13.1 Å². The Kier molecular flexibility index (Phi) is 4.45. The first-order valence-electron chi connectivity index (χ1n) is 5.47. The molecule has 0 spiro atoms. The van der Waals surface area contributed by atoms with Crippen molar-refractivity contribution in [1.82, 2.24) is 4.90 Å². The zero-order valence-corrected chi connectivity index (χ0v) is 9.46. The number of terminal acetylenes is 1. The van der Waals surface area contributed by atoms with Gasteiger partial charge in [-0.15, -0.1) is 6.42 Å². The number of carbonyl (C=O) groups excluding carboxylic acids is 1. The van der Waals surface area contributed by atoms with Crippen molar-refractivity contribution in [2.24, 2.45) is 5.92 Å². The predicted octanol–water partition coefficient (Wildman–Crippen LogP) is 1.80. The summed E-state index contributed by atoms with van der Waals surface area (Å²) in [6.07, 6.45) is 5.26. The molecule has 1 aliphatic rings. The number of nitrogens with zero attached hydrogens (tertiary/aromatic N) is 2. The van der Waals surface area contributed by atoms with Crippen molar-refractivity contribution in [2.45, 2.75) is 31.6 Å². The topological polar surface area (TPSA) is 44.1 Å². The van der Waals surface area contributed by atoms with Crippen molar-refractivity contribution in [1.29, 1.82) is 5.26 Å². The van der Waals surface area contributed by atoms with E-state index in [1.54, 1.807) is 0 Å². The van der Waals surface area contributed by atoms with Gasteiger partial charge in [-0.2, -0.15) is 5.26 Å². The summed E-state index contributed by atoms with van der Waals surface area (Å²) in [7, 11) is 0. The van der Waals surface area contributed by atoms with Crippen LogP contribution >= 0.6 is 0 Å². The monoisotopic (exact) mass is 240 g/mol. The zero-order chi connectivity index (χ0) is 12.9. The number of amides is 1. The molecule has 0 radical (unpaired) electrons. The fourth-order valence-electron chi connectivity index (χ4n) is 2.05. The van der Waals surface area contributed by atoms with Gasteiger partial charge in [-0.05, 0) is 12.8 Å². The second kappa shape index (κ2) is 5.63. The number of nitriles is 1. The molecule has 1 rings (SSSR count). The van der Waals surface area contributed by atoms with Gasteiger partial charge in [0.25, 0.3) is 0 Å². The minimum Gasteiger partial charge on any atom is -0.318 e. The molecular weight excluding hydrogens is 226 g/mol. The van der Waals surface area contributed by atoms with E-state index in [0.29, 0.717) is 12.8 Å². The van der Waals surface area contributed by atoms with Gasteiger partial charge >= 0.3 is 0 Å². The fraction of sp³-hybridized carbons (Fsp3) is 0.667. The number of carbonyl (C=O) groups is 1. The minimum atomic E-state index is -2.77. The van der Waals surface area contributed by atoms with Crippen LogP contribution in [0.4, 0.5) is 8.78 Å². The minimum absolute atomic E-state index is 0.00549. The van der Waals surface area contributed by atoms with E-state index in [2.05, 4.69) is 5.92 Å². The Labute approximate surface area is 99.4 Å². The molecule has 0 saturated heterocycles. The van der Waals surface area contributed by atoms with Gasteiger partial charge in [0.2, 0.25) is 11.8 Å². The largest absolute Gasteiger partial charge is 0.318 e. The van der Waals surface area contributed by atoms with Gasteiger partial charge in [-0.3, -0.25) is 4.79 Å². The molecule has 1 aliphatic carbocycles. The Morgan fingerprint density at radius 3 is 2.76 bits per heavy atom. The smallest absolute Gasteiger partial charge is 0.248 e. The zero-order valence-electron chi connectivity index (χ0n) is 9.46. The van der Waals surface area contributed by atoms with Crippen LogP contribution in [0.3, 0.4) is 0 Å². The van der Waals surface area contributed by atoms with Crippen LogP contribution in [0.25, 0.3) is 0 Å². The molecule has 0 aromatic heterocycles. The van der Waals surface area contributed by atoms with E-state index in [1.807, 2.05) is 6.07 Å². The highest BCUT2D eigenvalue weighted by atomic mass is 19.3. The summed E-state index contributed by atoms with van der Waals surface area (Å²) in [5.41, 5.74) is 0. The normalized spacial score (nSPS) is 22.2. The van der Waals surface area contributed by atoms with Crippen LogP contribution in [0, 0.1) is 29.6 Å². The van der Waals surface area contributed by atoms with Gasteiger partial charge in [0.1, 0.15) is 6.54 Å². The Morgan fingerprint density at radius 1 is 1.53 bits per heavy atom. The fourth-order valence-corrected chi connectivity index (χ4v) is 2.05. The third-order valence-corrected chi connectivity index (χ3v) is 2.84. The summed E-state index contributed by atoms with van der Waals surface area (Å²) in [5, 5.41) is 8.55. The van der Waals surface area contributed by atoms with E-state index < -0.39 is 24.2 Å². The molecular formula is C12H14F2N2O. The molecule has 0 aliphatic heterocycles. The Balaban J connectivity index is 2.67. The van der Waals surface area contributed by atoms with Crippen molar-refractivity contribution >= 4 is 5.91 Å². The number of hydrogen-bond donors (Lipinski definition) is 0. The van der Waals surface area contributed by atoms with Crippen LogP contribution < -0.4 is 0 Å². The van der Waals surface area contributed by atoms with E-state index in [0.717, 1.165) is 4.90 Å². The maximum Gasteiger partial charge on any atom is 0.248 e. The summed E-state index contributed by atoms with van der Waals surface area (Å²) >= 11 is 0. The Hall–Kier alpha value is -1.62. The number of hydrogen-bond acceptors (Lipinski definition) is 2. The molecule has 5 heteroatoms.